The van der Waals surface area contributed by atoms with Gasteiger partial charge in [0.25, 0.3) is 5.89 Å². The average molecular weight is 330 g/mol. The predicted octanol–water partition coefficient (Wildman–Crippen LogP) is 4.19. The van der Waals surface area contributed by atoms with Crippen molar-refractivity contribution in [3.63, 3.8) is 0 Å². The van der Waals surface area contributed by atoms with Gasteiger partial charge in [-0.15, -0.1) is 0 Å². The van der Waals surface area contributed by atoms with Gasteiger partial charge in [0, 0.05) is 10.9 Å². The maximum absolute atomic E-state index is 6.03. The fourth-order valence-corrected chi connectivity index (χ4v) is 4.05. The first kappa shape index (κ1) is 13.3. The lowest BCUT2D eigenvalue weighted by Gasteiger charge is -2.13. The van der Waals surface area contributed by atoms with Crippen molar-refractivity contribution in [2.24, 2.45) is 0 Å². The third kappa shape index (κ3) is 1.80. The molecule has 25 heavy (non-hydrogen) atoms. The summed E-state index contributed by atoms with van der Waals surface area (Å²) in [6.45, 7) is 0. The standard InChI is InChI=1S/C19H14N4O2/c1-2-7-13-10(4-1)17(22-21-13)18-20-19(25-23-18)12-6-3-5-11-14-8-9-15(24-14)16(11)12/h1-7,14-15H,8-9H2,(H,21,22). The Labute approximate surface area is 142 Å². The van der Waals surface area contributed by atoms with Gasteiger partial charge in [0.1, 0.15) is 5.69 Å². The van der Waals surface area contributed by atoms with Crippen LogP contribution in [0, 0.1) is 0 Å². The fourth-order valence-electron chi connectivity index (χ4n) is 4.05. The van der Waals surface area contributed by atoms with Crippen molar-refractivity contribution in [3.8, 4) is 23.0 Å². The zero-order valence-electron chi connectivity index (χ0n) is 13.3. The van der Waals surface area contributed by atoms with Crippen LogP contribution in [0.15, 0.2) is 47.0 Å². The Kier molecular flexibility index (Phi) is 2.54. The van der Waals surface area contributed by atoms with E-state index in [9.17, 15) is 0 Å². The number of nitrogens with one attached hydrogen (secondary N) is 1. The van der Waals surface area contributed by atoms with Crippen molar-refractivity contribution >= 4 is 10.9 Å². The maximum Gasteiger partial charge on any atom is 0.258 e. The van der Waals surface area contributed by atoms with Crippen LogP contribution in [0.25, 0.3) is 33.9 Å². The third-order valence-electron chi connectivity index (χ3n) is 5.17. The minimum absolute atomic E-state index is 0.151. The summed E-state index contributed by atoms with van der Waals surface area (Å²) >= 11 is 0. The molecule has 2 aliphatic heterocycles. The second-order valence-corrected chi connectivity index (χ2v) is 6.54. The highest BCUT2D eigenvalue weighted by atomic mass is 16.5. The van der Waals surface area contributed by atoms with Gasteiger partial charge in [0.2, 0.25) is 5.82 Å². The van der Waals surface area contributed by atoms with Gasteiger partial charge in [-0.25, -0.2) is 0 Å². The number of hydrogen-bond donors (Lipinski definition) is 1. The summed E-state index contributed by atoms with van der Waals surface area (Å²) in [5.74, 6) is 1.02. The molecule has 0 spiro atoms. The molecule has 6 heteroatoms. The van der Waals surface area contributed by atoms with Crippen LogP contribution in [0.5, 0.6) is 0 Å². The summed E-state index contributed by atoms with van der Waals surface area (Å²) in [6, 6.07) is 14.1. The van der Waals surface area contributed by atoms with E-state index in [4.69, 9.17) is 9.26 Å². The van der Waals surface area contributed by atoms with E-state index in [-0.39, 0.29) is 12.2 Å². The van der Waals surface area contributed by atoms with E-state index in [1.54, 1.807) is 0 Å². The molecule has 2 aromatic carbocycles. The molecule has 2 aromatic heterocycles. The zero-order valence-corrected chi connectivity index (χ0v) is 13.3. The molecule has 2 aliphatic rings. The molecule has 6 nitrogen and oxygen atoms in total. The second kappa shape index (κ2) is 4.77. The van der Waals surface area contributed by atoms with Crippen LogP contribution >= 0.6 is 0 Å². The SMILES string of the molecule is c1cc(-c2nc(-c3n[nH]c4ccccc34)no2)c2c(c1)C1CCC2O1. The number of aromatic amines is 1. The number of benzene rings is 2. The van der Waals surface area contributed by atoms with Gasteiger partial charge < -0.3 is 9.26 Å². The molecule has 0 amide bonds. The predicted molar refractivity (Wildman–Crippen MR) is 90.6 cm³/mol. The molecule has 0 saturated carbocycles. The molecule has 4 heterocycles. The lowest BCUT2D eigenvalue weighted by atomic mass is 9.88. The van der Waals surface area contributed by atoms with Crippen molar-refractivity contribution in [1.29, 1.82) is 0 Å². The van der Waals surface area contributed by atoms with Crippen molar-refractivity contribution in [3.05, 3.63) is 53.6 Å². The molecule has 6 rings (SSSR count). The Balaban J connectivity index is 1.48. The summed E-state index contributed by atoms with van der Waals surface area (Å²) in [4.78, 5) is 4.62. The lowest BCUT2D eigenvalue weighted by Crippen LogP contribution is -2.00. The molecule has 0 aliphatic carbocycles. The minimum atomic E-state index is 0.151. The minimum Gasteiger partial charge on any atom is -0.366 e. The van der Waals surface area contributed by atoms with Crippen molar-refractivity contribution in [2.75, 3.05) is 0 Å². The molecule has 122 valence electrons. The highest BCUT2D eigenvalue weighted by molar-refractivity contribution is 5.91. The summed E-state index contributed by atoms with van der Waals surface area (Å²) < 4.78 is 11.6. The van der Waals surface area contributed by atoms with E-state index in [0.29, 0.717) is 17.4 Å². The van der Waals surface area contributed by atoms with Crippen LogP contribution in [0.4, 0.5) is 0 Å². The molecule has 2 bridgehead atoms. The highest BCUT2D eigenvalue weighted by Gasteiger charge is 2.40. The van der Waals surface area contributed by atoms with Crippen LogP contribution in [0.2, 0.25) is 0 Å². The Morgan fingerprint density at radius 1 is 1.00 bits per heavy atom. The maximum atomic E-state index is 6.03. The zero-order chi connectivity index (χ0) is 16.4. The number of H-pyrrole nitrogens is 1. The second-order valence-electron chi connectivity index (χ2n) is 6.54. The van der Waals surface area contributed by atoms with E-state index in [1.807, 2.05) is 36.4 Å². The smallest absolute Gasteiger partial charge is 0.258 e. The normalized spacial score (nSPS) is 21.1. The van der Waals surface area contributed by atoms with Crippen molar-refractivity contribution < 1.29 is 9.26 Å². The van der Waals surface area contributed by atoms with Crippen LogP contribution in [-0.4, -0.2) is 20.3 Å². The van der Waals surface area contributed by atoms with Gasteiger partial charge in [-0.3, -0.25) is 5.10 Å². The molecule has 0 radical (unpaired) electrons. The molecule has 1 saturated heterocycles. The van der Waals surface area contributed by atoms with E-state index < -0.39 is 0 Å². The monoisotopic (exact) mass is 330 g/mol. The van der Waals surface area contributed by atoms with Gasteiger partial charge in [0.15, 0.2) is 0 Å². The number of aromatic nitrogens is 4. The van der Waals surface area contributed by atoms with E-state index in [1.165, 1.54) is 11.1 Å². The van der Waals surface area contributed by atoms with Crippen LogP contribution in [-0.2, 0) is 4.74 Å². The van der Waals surface area contributed by atoms with Crippen LogP contribution < -0.4 is 0 Å². The summed E-state index contributed by atoms with van der Waals surface area (Å²) in [7, 11) is 0. The Bertz CT molecular complexity index is 1110. The molecular formula is C19H14N4O2. The fraction of sp³-hybridized carbons (Fsp3) is 0.211. The van der Waals surface area contributed by atoms with Crippen LogP contribution in [0.1, 0.15) is 36.2 Å². The molecule has 1 N–H and O–H groups in total. The highest BCUT2D eigenvalue weighted by Crippen LogP contribution is 2.53. The lowest BCUT2D eigenvalue weighted by molar-refractivity contribution is 0.0718. The van der Waals surface area contributed by atoms with E-state index >= 15 is 0 Å². The summed E-state index contributed by atoms with van der Waals surface area (Å²) in [5, 5.41) is 12.5. The number of para-hydroxylation sites is 1. The topological polar surface area (TPSA) is 76.8 Å². The van der Waals surface area contributed by atoms with Gasteiger partial charge in [0.05, 0.1) is 17.7 Å². The first-order valence-electron chi connectivity index (χ1n) is 8.44. The molecule has 2 atom stereocenters. The number of fused-ring (bicyclic) bond motifs is 6. The van der Waals surface area contributed by atoms with Gasteiger partial charge in [-0.2, -0.15) is 10.1 Å². The first-order valence-corrected chi connectivity index (χ1v) is 8.44. The average Bonchev–Trinajstić information content (AvgIpc) is 3.43. The van der Waals surface area contributed by atoms with Gasteiger partial charge in [-0.1, -0.05) is 35.5 Å². The largest absolute Gasteiger partial charge is 0.366 e. The molecule has 1 fully saturated rings. The third-order valence-corrected chi connectivity index (χ3v) is 5.17. The Morgan fingerprint density at radius 3 is 2.92 bits per heavy atom. The number of ether oxygens (including phenoxy) is 1. The number of rotatable bonds is 2. The molecular weight excluding hydrogens is 316 g/mol. The first-order chi connectivity index (χ1) is 12.4. The van der Waals surface area contributed by atoms with E-state index in [0.717, 1.165) is 29.3 Å². The Morgan fingerprint density at radius 2 is 1.92 bits per heavy atom. The Hall–Kier alpha value is -2.99. The van der Waals surface area contributed by atoms with Crippen LogP contribution in [0.3, 0.4) is 0 Å². The quantitative estimate of drug-likeness (QED) is 0.596. The van der Waals surface area contributed by atoms with E-state index in [2.05, 4.69) is 26.4 Å². The number of nitrogens with zero attached hydrogens (tertiary/aromatic N) is 3. The van der Waals surface area contributed by atoms with Gasteiger partial charge in [-0.05, 0) is 36.1 Å². The van der Waals surface area contributed by atoms with Crippen molar-refractivity contribution in [2.45, 2.75) is 25.0 Å². The summed E-state index contributed by atoms with van der Waals surface area (Å²) in [6.07, 6.45) is 2.52. The number of hydrogen-bond acceptors (Lipinski definition) is 5. The molecule has 2 unspecified atom stereocenters. The molecule has 4 aromatic rings. The summed E-state index contributed by atoms with van der Waals surface area (Å²) in [5.41, 5.74) is 5.11. The van der Waals surface area contributed by atoms with Gasteiger partial charge >= 0.3 is 0 Å². The van der Waals surface area contributed by atoms with Crippen molar-refractivity contribution in [1.82, 2.24) is 20.3 Å².